The molecule has 98 valence electrons. The maximum Gasteiger partial charge on any atom is 0.246 e. The second-order valence-electron chi connectivity index (χ2n) is 4.31. The van der Waals surface area contributed by atoms with E-state index >= 15 is 0 Å². The van der Waals surface area contributed by atoms with Crippen LogP contribution in [0.5, 0.6) is 0 Å². The molecule has 0 bridgehead atoms. The van der Waals surface area contributed by atoms with Crippen molar-refractivity contribution in [3.8, 4) is 0 Å². The van der Waals surface area contributed by atoms with Gasteiger partial charge < -0.3 is 10.2 Å². The van der Waals surface area contributed by atoms with Crippen molar-refractivity contribution < 1.29 is 9.59 Å². The number of hydrogen-bond donors (Lipinski definition) is 2. The number of hydrogen-bond acceptors (Lipinski definition) is 4. The van der Waals surface area contributed by atoms with Gasteiger partial charge >= 0.3 is 0 Å². The average Bonchev–Trinajstić information content (AvgIpc) is 2.81. The number of nitrogens with one attached hydrogen (secondary N) is 1. The first-order valence-electron chi connectivity index (χ1n) is 5.84. The molecule has 0 fully saturated rings. The number of nitrogens with zero attached hydrogens (tertiary/aromatic N) is 1. The highest BCUT2D eigenvalue weighted by Gasteiger charge is 2.27. The van der Waals surface area contributed by atoms with E-state index in [0.717, 1.165) is 13.0 Å². The fraction of sp³-hybridized carbons (Fsp3) is 0.500. The third-order valence-corrected chi connectivity index (χ3v) is 4.37. The van der Waals surface area contributed by atoms with Crippen LogP contribution >= 0.6 is 24.0 Å². The van der Waals surface area contributed by atoms with Gasteiger partial charge in [-0.2, -0.15) is 12.6 Å². The van der Waals surface area contributed by atoms with Crippen LogP contribution in [0.3, 0.4) is 0 Å². The van der Waals surface area contributed by atoms with Crippen molar-refractivity contribution in [2.24, 2.45) is 0 Å². The van der Waals surface area contributed by atoms with Gasteiger partial charge in [0.2, 0.25) is 11.8 Å². The normalized spacial score (nSPS) is 16.0. The summed E-state index contributed by atoms with van der Waals surface area (Å²) in [5.41, 5.74) is 1.22. The molecule has 1 N–H and O–H groups in total. The highest BCUT2D eigenvalue weighted by molar-refractivity contribution is 7.80. The van der Waals surface area contributed by atoms with E-state index in [0.29, 0.717) is 12.3 Å². The molecule has 1 atom stereocenters. The molecule has 1 aromatic rings. The molecule has 1 unspecified atom stereocenters. The summed E-state index contributed by atoms with van der Waals surface area (Å²) in [6, 6.07) is 1.54. The summed E-state index contributed by atoms with van der Waals surface area (Å²) in [6.07, 6.45) is 0.901. The smallest absolute Gasteiger partial charge is 0.246 e. The summed E-state index contributed by atoms with van der Waals surface area (Å²) >= 11 is 5.87. The second-order valence-corrected chi connectivity index (χ2v) is 5.68. The van der Waals surface area contributed by atoms with E-state index in [1.54, 1.807) is 16.2 Å². The zero-order chi connectivity index (χ0) is 13.1. The molecule has 1 aliphatic heterocycles. The molecule has 0 saturated carbocycles. The van der Waals surface area contributed by atoms with Crippen LogP contribution in [0.2, 0.25) is 0 Å². The number of carbonyl (C=O) groups excluding carboxylic acids is 2. The van der Waals surface area contributed by atoms with Gasteiger partial charge in [0.15, 0.2) is 0 Å². The van der Waals surface area contributed by atoms with Gasteiger partial charge in [0, 0.05) is 30.6 Å². The van der Waals surface area contributed by atoms with E-state index in [-0.39, 0.29) is 11.8 Å². The Kier molecular flexibility index (Phi) is 4.29. The SMILES string of the molecule is CC(=O)NC(CS)C(=O)N1CCc2sccc2C1. The number of amides is 2. The van der Waals surface area contributed by atoms with Gasteiger partial charge in [-0.1, -0.05) is 0 Å². The Balaban J connectivity index is 2.04. The van der Waals surface area contributed by atoms with Crippen molar-refractivity contribution in [3.63, 3.8) is 0 Å². The average molecular weight is 284 g/mol. The first-order chi connectivity index (χ1) is 8.61. The van der Waals surface area contributed by atoms with E-state index in [9.17, 15) is 9.59 Å². The lowest BCUT2D eigenvalue weighted by atomic mass is 10.1. The van der Waals surface area contributed by atoms with Crippen LogP contribution in [0.1, 0.15) is 17.4 Å². The van der Waals surface area contributed by atoms with Crippen molar-refractivity contribution >= 4 is 35.8 Å². The number of fused-ring (bicyclic) bond motifs is 1. The fourth-order valence-electron chi connectivity index (χ4n) is 2.09. The summed E-state index contributed by atoms with van der Waals surface area (Å²) in [7, 11) is 0. The third kappa shape index (κ3) is 2.87. The highest BCUT2D eigenvalue weighted by atomic mass is 32.1. The van der Waals surface area contributed by atoms with E-state index in [4.69, 9.17) is 0 Å². The van der Waals surface area contributed by atoms with Crippen molar-refractivity contribution in [3.05, 3.63) is 21.9 Å². The predicted molar refractivity (Wildman–Crippen MR) is 74.9 cm³/mol. The second kappa shape index (κ2) is 5.75. The molecule has 1 aliphatic rings. The minimum absolute atomic E-state index is 0.0444. The monoisotopic (exact) mass is 284 g/mol. The molecule has 4 nitrogen and oxygen atoms in total. The number of carbonyl (C=O) groups is 2. The van der Waals surface area contributed by atoms with Crippen LogP contribution in [0.15, 0.2) is 11.4 Å². The molecule has 2 heterocycles. The first kappa shape index (κ1) is 13.4. The van der Waals surface area contributed by atoms with Gasteiger partial charge in [-0.25, -0.2) is 0 Å². The maximum atomic E-state index is 12.3. The quantitative estimate of drug-likeness (QED) is 0.816. The summed E-state index contributed by atoms with van der Waals surface area (Å²) < 4.78 is 0. The van der Waals surface area contributed by atoms with Crippen LogP contribution in [0.25, 0.3) is 0 Å². The van der Waals surface area contributed by atoms with E-state index in [1.165, 1.54) is 17.4 Å². The lowest BCUT2D eigenvalue weighted by Gasteiger charge is -2.30. The van der Waals surface area contributed by atoms with Crippen molar-refractivity contribution in [2.45, 2.75) is 25.9 Å². The lowest BCUT2D eigenvalue weighted by molar-refractivity contribution is -0.136. The van der Waals surface area contributed by atoms with Gasteiger partial charge in [0.05, 0.1) is 0 Å². The summed E-state index contributed by atoms with van der Waals surface area (Å²) in [5, 5.41) is 4.70. The number of thiol groups is 1. The molecule has 6 heteroatoms. The molecule has 2 amide bonds. The number of thiophene rings is 1. The topological polar surface area (TPSA) is 49.4 Å². The highest BCUT2D eigenvalue weighted by Crippen LogP contribution is 2.24. The minimum atomic E-state index is -0.522. The largest absolute Gasteiger partial charge is 0.344 e. The zero-order valence-corrected chi connectivity index (χ0v) is 11.9. The van der Waals surface area contributed by atoms with Gasteiger partial charge in [-0.05, 0) is 23.4 Å². The van der Waals surface area contributed by atoms with E-state index in [2.05, 4.69) is 29.4 Å². The Morgan fingerprint density at radius 2 is 2.39 bits per heavy atom. The Morgan fingerprint density at radius 1 is 1.61 bits per heavy atom. The number of rotatable bonds is 3. The van der Waals surface area contributed by atoms with Crippen LogP contribution in [0.4, 0.5) is 0 Å². The predicted octanol–water partition coefficient (Wildman–Crippen LogP) is 1.07. The Hall–Kier alpha value is -1.01. The maximum absolute atomic E-state index is 12.3. The van der Waals surface area contributed by atoms with Crippen molar-refractivity contribution in [1.29, 1.82) is 0 Å². The summed E-state index contributed by atoms with van der Waals surface area (Å²) in [4.78, 5) is 26.5. The Bertz CT molecular complexity index is 459. The van der Waals surface area contributed by atoms with Crippen LogP contribution in [0, 0.1) is 0 Å². The lowest BCUT2D eigenvalue weighted by Crippen LogP contribution is -2.50. The molecule has 0 saturated heterocycles. The van der Waals surface area contributed by atoms with Crippen LogP contribution < -0.4 is 5.32 Å². The molecule has 1 aromatic heterocycles. The van der Waals surface area contributed by atoms with Crippen LogP contribution in [-0.4, -0.2) is 35.1 Å². The third-order valence-electron chi connectivity index (χ3n) is 2.98. The molecular formula is C12H16N2O2S2. The molecule has 2 rings (SSSR count). The molecule has 0 radical (unpaired) electrons. The van der Waals surface area contributed by atoms with Crippen molar-refractivity contribution in [1.82, 2.24) is 10.2 Å². The molecule has 0 spiro atoms. The summed E-state index contributed by atoms with van der Waals surface area (Å²) in [5.74, 6) is 0.0819. The molecule has 0 aromatic carbocycles. The molecule has 18 heavy (non-hydrogen) atoms. The summed E-state index contributed by atoms with van der Waals surface area (Å²) in [6.45, 7) is 2.77. The first-order valence-corrected chi connectivity index (χ1v) is 7.35. The van der Waals surface area contributed by atoms with Crippen molar-refractivity contribution in [2.75, 3.05) is 12.3 Å². The van der Waals surface area contributed by atoms with E-state index in [1.807, 2.05) is 0 Å². The standard InChI is InChI=1S/C12H16N2O2S2/c1-8(15)13-10(7-17)12(16)14-4-2-11-9(6-14)3-5-18-11/h3,5,10,17H,2,4,6-7H2,1H3,(H,13,15). The zero-order valence-electron chi connectivity index (χ0n) is 10.2. The van der Waals surface area contributed by atoms with Crippen LogP contribution in [-0.2, 0) is 22.6 Å². The fourth-order valence-corrected chi connectivity index (χ4v) is 3.22. The molecular weight excluding hydrogens is 268 g/mol. The molecule has 0 aliphatic carbocycles. The van der Waals surface area contributed by atoms with E-state index < -0.39 is 6.04 Å². The van der Waals surface area contributed by atoms with Gasteiger partial charge in [0.25, 0.3) is 0 Å². The Morgan fingerprint density at radius 3 is 3.06 bits per heavy atom. The Labute approximate surface area is 116 Å². The van der Waals surface area contributed by atoms with Gasteiger partial charge in [-0.3, -0.25) is 9.59 Å². The van der Waals surface area contributed by atoms with Gasteiger partial charge in [-0.15, -0.1) is 11.3 Å². The minimum Gasteiger partial charge on any atom is -0.344 e. The van der Waals surface area contributed by atoms with Gasteiger partial charge in [0.1, 0.15) is 6.04 Å².